The quantitative estimate of drug-likeness (QED) is 0.621. The highest BCUT2D eigenvalue weighted by Crippen LogP contribution is 2.12. The summed E-state index contributed by atoms with van der Waals surface area (Å²) < 4.78 is 5.28. The van der Waals surface area contributed by atoms with Crippen LogP contribution in [0.3, 0.4) is 0 Å². The van der Waals surface area contributed by atoms with E-state index in [1.54, 1.807) is 6.26 Å². The average molecular weight is 264 g/mol. The number of rotatable bonds is 5. The van der Waals surface area contributed by atoms with Gasteiger partial charge in [-0.15, -0.1) is 0 Å². The van der Waals surface area contributed by atoms with E-state index in [9.17, 15) is 0 Å². The van der Waals surface area contributed by atoms with Gasteiger partial charge in [-0.05, 0) is 45.0 Å². The van der Waals surface area contributed by atoms with E-state index in [1.165, 1.54) is 19.5 Å². The molecular formula is C14H24N4O. The van der Waals surface area contributed by atoms with E-state index in [0.717, 1.165) is 30.7 Å². The maximum Gasteiger partial charge on any atom is 0.191 e. The second-order valence-electron chi connectivity index (χ2n) is 5.07. The average Bonchev–Trinajstić information content (AvgIpc) is 3.04. The molecule has 0 radical (unpaired) electrons. The molecule has 1 aliphatic heterocycles. The van der Waals surface area contributed by atoms with Crippen molar-refractivity contribution in [1.29, 1.82) is 0 Å². The summed E-state index contributed by atoms with van der Waals surface area (Å²) in [7, 11) is 2.18. The molecule has 106 valence electrons. The molecule has 2 heterocycles. The van der Waals surface area contributed by atoms with Crippen LogP contribution >= 0.6 is 0 Å². The molecule has 0 aromatic carbocycles. The van der Waals surface area contributed by atoms with Gasteiger partial charge in [-0.1, -0.05) is 0 Å². The van der Waals surface area contributed by atoms with Crippen molar-refractivity contribution in [1.82, 2.24) is 15.5 Å². The zero-order valence-electron chi connectivity index (χ0n) is 11.9. The van der Waals surface area contributed by atoms with Crippen molar-refractivity contribution < 1.29 is 4.42 Å². The van der Waals surface area contributed by atoms with Crippen LogP contribution in [0.2, 0.25) is 0 Å². The molecule has 2 rings (SSSR count). The fourth-order valence-electron chi connectivity index (χ4n) is 2.34. The minimum atomic E-state index is 0.576. The summed E-state index contributed by atoms with van der Waals surface area (Å²) in [6.07, 6.45) is 2.95. The van der Waals surface area contributed by atoms with Gasteiger partial charge in [0.25, 0.3) is 0 Å². The molecule has 19 heavy (non-hydrogen) atoms. The number of guanidine groups is 1. The van der Waals surface area contributed by atoms with Gasteiger partial charge in [0.15, 0.2) is 5.96 Å². The van der Waals surface area contributed by atoms with E-state index in [4.69, 9.17) is 4.42 Å². The van der Waals surface area contributed by atoms with Crippen LogP contribution in [0.15, 0.2) is 27.8 Å². The van der Waals surface area contributed by atoms with Gasteiger partial charge in [0.05, 0.1) is 6.26 Å². The predicted molar refractivity (Wildman–Crippen MR) is 77.1 cm³/mol. The Balaban J connectivity index is 1.80. The Morgan fingerprint density at radius 1 is 1.53 bits per heavy atom. The highest BCUT2D eigenvalue weighted by molar-refractivity contribution is 5.79. The smallest absolute Gasteiger partial charge is 0.191 e. The lowest BCUT2D eigenvalue weighted by Gasteiger charge is -2.15. The number of nitrogens with zero attached hydrogens (tertiary/aromatic N) is 2. The number of hydrogen-bond acceptors (Lipinski definition) is 3. The number of likely N-dealkylation sites (tertiary alicyclic amines) is 1. The maximum absolute atomic E-state index is 5.28. The van der Waals surface area contributed by atoms with Crippen molar-refractivity contribution in [2.75, 3.05) is 33.2 Å². The molecule has 1 aromatic heterocycles. The van der Waals surface area contributed by atoms with Gasteiger partial charge in [0, 0.05) is 19.6 Å². The topological polar surface area (TPSA) is 52.8 Å². The summed E-state index contributed by atoms with van der Waals surface area (Å²) in [4.78, 5) is 6.90. The molecule has 5 nitrogen and oxygen atoms in total. The summed E-state index contributed by atoms with van der Waals surface area (Å²) in [5.41, 5.74) is 0. The lowest BCUT2D eigenvalue weighted by atomic mass is 10.1. The fourth-order valence-corrected chi connectivity index (χ4v) is 2.34. The summed E-state index contributed by atoms with van der Waals surface area (Å²) >= 11 is 0. The fraction of sp³-hybridized carbons (Fsp3) is 0.643. The Morgan fingerprint density at radius 3 is 3.05 bits per heavy atom. The monoisotopic (exact) mass is 264 g/mol. The molecule has 0 saturated carbocycles. The first-order valence-corrected chi connectivity index (χ1v) is 7.01. The first-order valence-electron chi connectivity index (χ1n) is 7.01. The summed E-state index contributed by atoms with van der Waals surface area (Å²) in [6, 6.07) is 3.83. The van der Waals surface area contributed by atoms with E-state index in [0.29, 0.717) is 6.54 Å². The number of aliphatic imine (C=N–C) groups is 1. The largest absolute Gasteiger partial charge is 0.467 e. The highest BCUT2D eigenvalue weighted by Gasteiger charge is 2.19. The normalized spacial score (nSPS) is 20.7. The third kappa shape index (κ3) is 4.59. The summed E-state index contributed by atoms with van der Waals surface area (Å²) in [6.45, 7) is 6.88. The number of hydrogen-bond donors (Lipinski definition) is 2. The first kappa shape index (κ1) is 13.9. The lowest BCUT2D eigenvalue weighted by Crippen LogP contribution is -2.40. The zero-order valence-corrected chi connectivity index (χ0v) is 11.9. The highest BCUT2D eigenvalue weighted by atomic mass is 16.3. The molecule has 0 amide bonds. The molecule has 2 N–H and O–H groups in total. The van der Waals surface area contributed by atoms with E-state index >= 15 is 0 Å². The van der Waals surface area contributed by atoms with Gasteiger partial charge in [-0.25, -0.2) is 4.99 Å². The predicted octanol–water partition coefficient (Wildman–Crippen LogP) is 1.29. The second kappa shape index (κ2) is 7.19. The van der Waals surface area contributed by atoms with Crippen LogP contribution in [0.5, 0.6) is 0 Å². The van der Waals surface area contributed by atoms with E-state index < -0.39 is 0 Å². The Bertz CT molecular complexity index is 388. The van der Waals surface area contributed by atoms with Gasteiger partial charge in [-0.3, -0.25) is 0 Å². The molecule has 0 aliphatic carbocycles. The maximum atomic E-state index is 5.28. The van der Waals surface area contributed by atoms with Crippen molar-refractivity contribution >= 4 is 5.96 Å². The molecule has 1 unspecified atom stereocenters. The minimum Gasteiger partial charge on any atom is -0.467 e. The molecule has 0 spiro atoms. The molecule has 1 aliphatic rings. The van der Waals surface area contributed by atoms with Crippen LogP contribution in [0.25, 0.3) is 0 Å². The van der Waals surface area contributed by atoms with Gasteiger partial charge < -0.3 is 20.0 Å². The Kier molecular flexibility index (Phi) is 5.27. The lowest BCUT2D eigenvalue weighted by molar-refractivity contribution is 0.394. The molecule has 1 fully saturated rings. The van der Waals surface area contributed by atoms with Crippen molar-refractivity contribution in [2.45, 2.75) is 19.9 Å². The Labute approximate surface area is 115 Å². The second-order valence-corrected chi connectivity index (χ2v) is 5.07. The van der Waals surface area contributed by atoms with Gasteiger partial charge in [0.2, 0.25) is 0 Å². The van der Waals surface area contributed by atoms with E-state index in [2.05, 4.69) is 34.5 Å². The van der Waals surface area contributed by atoms with Crippen LogP contribution in [0.1, 0.15) is 19.1 Å². The Morgan fingerprint density at radius 2 is 2.42 bits per heavy atom. The van der Waals surface area contributed by atoms with Crippen molar-refractivity contribution in [3.05, 3.63) is 24.2 Å². The standard InChI is InChI=1S/C14H24N4O/c1-3-15-14(17-10-13-5-4-8-19-13)16-9-12-6-7-18(2)11-12/h4-5,8,12H,3,6-7,9-11H2,1-2H3,(H2,15,16,17). The number of furan rings is 1. The molecule has 1 aromatic rings. The van der Waals surface area contributed by atoms with Crippen LogP contribution in [0.4, 0.5) is 0 Å². The molecule has 1 atom stereocenters. The van der Waals surface area contributed by atoms with Gasteiger partial charge in [-0.2, -0.15) is 0 Å². The van der Waals surface area contributed by atoms with Gasteiger partial charge in [0.1, 0.15) is 12.3 Å². The first-order chi connectivity index (χ1) is 9.28. The van der Waals surface area contributed by atoms with E-state index in [-0.39, 0.29) is 0 Å². The Hall–Kier alpha value is -1.49. The zero-order chi connectivity index (χ0) is 13.5. The van der Waals surface area contributed by atoms with Gasteiger partial charge >= 0.3 is 0 Å². The van der Waals surface area contributed by atoms with Crippen molar-refractivity contribution in [3.63, 3.8) is 0 Å². The van der Waals surface area contributed by atoms with Crippen LogP contribution in [0, 0.1) is 5.92 Å². The summed E-state index contributed by atoms with van der Waals surface area (Å²) in [5, 5.41) is 6.68. The molecular weight excluding hydrogens is 240 g/mol. The van der Waals surface area contributed by atoms with Crippen LogP contribution in [-0.4, -0.2) is 44.1 Å². The summed E-state index contributed by atoms with van der Waals surface area (Å²) in [5.74, 6) is 2.48. The van der Waals surface area contributed by atoms with Crippen molar-refractivity contribution in [3.8, 4) is 0 Å². The SMILES string of the molecule is CCNC(=NCc1ccco1)NCC1CCN(C)C1. The molecule has 5 heteroatoms. The third-order valence-corrected chi connectivity index (χ3v) is 3.36. The molecule has 1 saturated heterocycles. The minimum absolute atomic E-state index is 0.576. The molecule has 0 bridgehead atoms. The van der Waals surface area contributed by atoms with Crippen LogP contribution in [-0.2, 0) is 6.54 Å². The van der Waals surface area contributed by atoms with Crippen LogP contribution < -0.4 is 10.6 Å². The third-order valence-electron chi connectivity index (χ3n) is 3.36. The van der Waals surface area contributed by atoms with E-state index in [1.807, 2.05) is 12.1 Å². The number of nitrogens with one attached hydrogen (secondary N) is 2. The van der Waals surface area contributed by atoms with Crippen molar-refractivity contribution in [2.24, 2.45) is 10.9 Å².